The maximum absolute atomic E-state index is 12.1. The van der Waals surface area contributed by atoms with Crippen molar-refractivity contribution < 1.29 is 9.59 Å². The van der Waals surface area contributed by atoms with Crippen molar-refractivity contribution in [3.05, 3.63) is 53.9 Å². The molecule has 1 heterocycles. The van der Waals surface area contributed by atoms with Gasteiger partial charge in [-0.25, -0.2) is 0 Å². The molecule has 23 heavy (non-hydrogen) atoms. The molecule has 1 aromatic heterocycles. The van der Waals surface area contributed by atoms with Gasteiger partial charge in [-0.1, -0.05) is 19.1 Å². The summed E-state index contributed by atoms with van der Waals surface area (Å²) in [5.74, 6) is -0.183. The molecule has 2 aromatic rings. The number of ketones is 1. The fraction of sp³-hybridized carbons (Fsp3) is 0.278. The van der Waals surface area contributed by atoms with Crippen molar-refractivity contribution in [3.63, 3.8) is 0 Å². The van der Waals surface area contributed by atoms with E-state index < -0.39 is 0 Å². The summed E-state index contributed by atoms with van der Waals surface area (Å²) >= 11 is 0. The smallest absolute Gasteiger partial charge is 0.270 e. The van der Waals surface area contributed by atoms with Gasteiger partial charge in [-0.2, -0.15) is 0 Å². The van der Waals surface area contributed by atoms with E-state index in [-0.39, 0.29) is 17.7 Å². The Labute approximate surface area is 136 Å². The Hall–Kier alpha value is -2.69. The van der Waals surface area contributed by atoms with Crippen LogP contribution in [0.15, 0.2) is 42.6 Å². The molecule has 2 N–H and O–H groups in total. The Kier molecular flexibility index (Phi) is 5.46. The molecule has 1 amide bonds. The Morgan fingerprint density at radius 3 is 2.61 bits per heavy atom. The monoisotopic (exact) mass is 311 g/mol. The van der Waals surface area contributed by atoms with Crippen LogP contribution in [-0.2, 0) is 0 Å². The fourth-order valence-corrected chi connectivity index (χ4v) is 2.01. The van der Waals surface area contributed by atoms with Crippen molar-refractivity contribution in [1.82, 2.24) is 10.3 Å². The van der Waals surface area contributed by atoms with Crippen molar-refractivity contribution in [2.45, 2.75) is 33.2 Å². The van der Waals surface area contributed by atoms with Crippen LogP contribution >= 0.6 is 0 Å². The highest BCUT2D eigenvalue weighted by molar-refractivity contribution is 5.95. The van der Waals surface area contributed by atoms with E-state index in [9.17, 15) is 9.59 Å². The second-order valence-corrected chi connectivity index (χ2v) is 5.47. The van der Waals surface area contributed by atoms with E-state index in [1.807, 2.05) is 26.0 Å². The van der Waals surface area contributed by atoms with Gasteiger partial charge >= 0.3 is 0 Å². The minimum Gasteiger partial charge on any atom is -0.355 e. The summed E-state index contributed by atoms with van der Waals surface area (Å²) in [6.07, 6.45) is 2.45. The molecule has 0 aliphatic carbocycles. The lowest BCUT2D eigenvalue weighted by Gasteiger charge is -2.12. The molecule has 1 unspecified atom stereocenters. The van der Waals surface area contributed by atoms with E-state index in [0.717, 1.165) is 17.8 Å². The summed E-state index contributed by atoms with van der Waals surface area (Å²) in [6.45, 7) is 5.49. The Bertz CT molecular complexity index is 713. The first-order valence-corrected chi connectivity index (χ1v) is 7.64. The summed E-state index contributed by atoms with van der Waals surface area (Å²) in [5.41, 5.74) is 2.53. The molecule has 1 atom stereocenters. The van der Waals surface area contributed by atoms with Crippen LogP contribution in [-0.4, -0.2) is 22.7 Å². The zero-order valence-corrected chi connectivity index (χ0v) is 13.6. The van der Waals surface area contributed by atoms with Crippen LogP contribution in [0.2, 0.25) is 0 Å². The third-order valence-corrected chi connectivity index (χ3v) is 3.54. The van der Waals surface area contributed by atoms with Crippen LogP contribution in [0.25, 0.3) is 0 Å². The van der Waals surface area contributed by atoms with Gasteiger partial charge in [0.1, 0.15) is 5.69 Å². The van der Waals surface area contributed by atoms with E-state index in [2.05, 4.69) is 15.6 Å². The highest BCUT2D eigenvalue weighted by Crippen LogP contribution is 2.18. The molecule has 0 bridgehead atoms. The van der Waals surface area contributed by atoms with Crippen LogP contribution in [0.5, 0.6) is 0 Å². The number of carbonyl (C=O) groups is 2. The van der Waals surface area contributed by atoms with Crippen molar-refractivity contribution in [3.8, 4) is 0 Å². The molecular formula is C18H21N3O2. The second kappa shape index (κ2) is 7.54. The Balaban J connectivity index is 2.15. The molecule has 0 spiro atoms. The van der Waals surface area contributed by atoms with Gasteiger partial charge < -0.3 is 10.6 Å². The first-order chi connectivity index (χ1) is 11.0. The van der Waals surface area contributed by atoms with Crippen LogP contribution in [0.4, 0.5) is 11.4 Å². The zero-order chi connectivity index (χ0) is 16.8. The topological polar surface area (TPSA) is 71.1 Å². The zero-order valence-electron chi connectivity index (χ0n) is 13.6. The predicted octanol–water partition coefficient (Wildman–Crippen LogP) is 3.56. The highest BCUT2D eigenvalue weighted by Gasteiger charge is 2.10. The van der Waals surface area contributed by atoms with E-state index in [1.165, 1.54) is 6.92 Å². The number of amides is 1. The number of aromatic nitrogens is 1. The summed E-state index contributed by atoms with van der Waals surface area (Å²) in [6, 6.07) is 10.8. The number of nitrogens with one attached hydrogen (secondary N) is 2. The lowest BCUT2D eigenvalue weighted by Crippen LogP contribution is -2.32. The number of benzene rings is 1. The average molecular weight is 311 g/mol. The Morgan fingerprint density at radius 2 is 1.91 bits per heavy atom. The van der Waals surface area contributed by atoms with Gasteiger partial charge in [-0.3, -0.25) is 14.6 Å². The van der Waals surface area contributed by atoms with Gasteiger partial charge in [-0.15, -0.1) is 0 Å². The van der Waals surface area contributed by atoms with Crippen molar-refractivity contribution >= 4 is 23.1 Å². The summed E-state index contributed by atoms with van der Waals surface area (Å²) in [4.78, 5) is 27.7. The maximum atomic E-state index is 12.1. The molecule has 0 fully saturated rings. The quantitative estimate of drug-likeness (QED) is 0.800. The van der Waals surface area contributed by atoms with Gasteiger partial charge in [0.05, 0.1) is 0 Å². The van der Waals surface area contributed by atoms with Gasteiger partial charge in [0.15, 0.2) is 5.78 Å². The number of anilines is 2. The van der Waals surface area contributed by atoms with Gasteiger partial charge in [-0.05, 0) is 44.5 Å². The SMILES string of the molecule is CCC(C)NC(=O)c1cc(Nc2cccc(C(C)=O)c2)ccn1. The molecule has 2 rings (SSSR count). The predicted molar refractivity (Wildman–Crippen MR) is 91.2 cm³/mol. The number of hydrogen-bond acceptors (Lipinski definition) is 4. The number of hydrogen-bond donors (Lipinski definition) is 2. The third-order valence-electron chi connectivity index (χ3n) is 3.54. The fourth-order valence-electron chi connectivity index (χ4n) is 2.01. The summed E-state index contributed by atoms with van der Waals surface area (Å²) in [7, 11) is 0. The molecule has 5 heteroatoms. The molecular weight excluding hydrogens is 290 g/mol. The number of Topliss-reactive ketones (excluding diaryl/α,β-unsaturated/α-hetero) is 1. The Morgan fingerprint density at radius 1 is 1.17 bits per heavy atom. The highest BCUT2D eigenvalue weighted by atomic mass is 16.2. The molecule has 0 aliphatic heterocycles. The number of carbonyl (C=O) groups excluding carboxylic acids is 2. The van der Waals surface area contributed by atoms with Crippen LogP contribution < -0.4 is 10.6 Å². The van der Waals surface area contributed by atoms with E-state index in [4.69, 9.17) is 0 Å². The van der Waals surface area contributed by atoms with Gasteiger partial charge in [0.2, 0.25) is 0 Å². The second-order valence-electron chi connectivity index (χ2n) is 5.47. The molecule has 0 aliphatic rings. The van der Waals surface area contributed by atoms with Gasteiger partial charge in [0, 0.05) is 29.2 Å². The van der Waals surface area contributed by atoms with E-state index in [1.54, 1.807) is 30.5 Å². The van der Waals surface area contributed by atoms with E-state index >= 15 is 0 Å². The maximum Gasteiger partial charge on any atom is 0.270 e. The standard InChI is InChI=1S/C18H21N3O2/c1-4-12(2)20-18(23)17-11-16(8-9-19-17)21-15-7-5-6-14(10-15)13(3)22/h5-12H,4H2,1-3H3,(H,19,21)(H,20,23). The normalized spacial score (nSPS) is 11.6. The summed E-state index contributed by atoms with van der Waals surface area (Å²) < 4.78 is 0. The largest absolute Gasteiger partial charge is 0.355 e. The summed E-state index contributed by atoms with van der Waals surface area (Å²) in [5, 5.41) is 6.08. The molecule has 0 saturated carbocycles. The lowest BCUT2D eigenvalue weighted by atomic mass is 10.1. The minimum absolute atomic E-state index is 0.0111. The van der Waals surface area contributed by atoms with Gasteiger partial charge in [0.25, 0.3) is 5.91 Å². The van der Waals surface area contributed by atoms with Crippen LogP contribution in [0, 0.1) is 0 Å². The first kappa shape index (κ1) is 16.7. The lowest BCUT2D eigenvalue weighted by molar-refractivity contribution is 0.0933. The molecule has 5 nitrogen and oxygen atoms in total. The van der Waals surface area contributed by atoms with Crippen molar-refractivity contribution in [2.24, 2.45) is 0 Å². The van der Waals surface area contributed by atoms with E-state index in [0.29, 0.717) is 11.3 Å². The average Bonchev–Trinajstić information content (AvgIpc) is 2.55. The number of rotatable bonds is 6. The molecule has 0 radical (unpaired) electrons. The van der Waals surface area contributed by atoms with Crippen LogP contribution in [0.3, 0.4) is 0 Å². The number of pyridine rings is 1. The van der Waals surface area contributed by atoms with Crippen molar-refractivity contribution in [2.75, 3.05) is 5.32 Å². The molecule has 0 saturated heterocycles. The number of nitrogens with zero attached hydrogens (tertiary/aromatic N) is 1. The van der Waals surface area contributed by atoms with Crippen LogP contribution in [0.1, 0.15) is 48.0 Å². The first-order valence-electron chi connectivity index (χ1n) is 7.64. The third kappa shape index (κ3) is 4.64. The minimum atomic E-state index is -0.194. The van der Waals surface area contributed by atoms with Crippen molar-refractivity contribution in [1.29, 1.82) is 0 Å². The molecule has 1 aromatic carbocycles. The molecule has 120 valence electrons.